The Labute approximate surface area is 220 Å². The molecule has 192 valence electrons. The summed E-state index contributed by atoms with van der Waals surface area (Å²) in [4.78, 5) is 12.6. The second-order valence-electron chi connectivity index (χ2n) is 7.53. The molecule has 0 aliphatic heterocycles. The van der Waals surface area contributed by atoms with Crippen LogP contribution in [-0.2, 0) is 21.0 Å². The Kier molecular flexibility index (Phi) is 8.34. The minimum atomic E-state index is -4.76. The number of rotatable bonds is 7. The zero-order valence-electron chi connectivity index (χ0n) is 18.7. The molecule has 1 amide bonds. The van der Waals surface area contributed by atoms with E-state index in [1.165, 1.54) is 37.4 Å². The first kappa shape index (κ1) is 27.9. The molecule has 6 nitrogen and oxygen atoms in total. The molecule has 0 atom stereocenters. The number of sulfonamides is 1. The molecule has 0 bridgehead atoms. The molecule has 0 aliphatic rings. The molecule has 3 aromatic rings. The third-order valence-corrected chi connectivity index (χ3v) is 7.43. The van der Waals surface area contributed by atoms with Gasteiger partial charge in [0, 0.05) is 15.7 Å². The smallest absolute Gasteiger partial charge is 0.417 e. The van der Waals surface area contributed by atoms with Gasteiger partial charge >= 0.3 is 6.18 Å². The molecule has 0 heterocycles. The van der Waals surface area contributed by atoms with E-state index >= 15 is 0 Å². The van der Waals surface area contributed by atoms with E-state index in [0.29, 0.717) is 11.6 Å². The SMILES string of the molecule is COc1ccc(C)cc1S(=O)(=O)N(CC(=O)Nc1ccc(Cl)c(C(F)(F)F)c1)c1cc(Cl)cc(Cl)c1. The maximum Gasteiger partial charge on any atom is 0.417 e. The Balaban J connectivity index is 2.05. The Morgan fingerprint density at radius 1 is 1.00 bits per heavy atom. The number of nitrogens with zero attached hydrogens (tertiary/aromatic N) is 1. The standard InChI is InChI=1S/C23H18Cl3F3N2O4S/c1-13-3-6-20(35-2)21(7-13)36(33,34)31(17-9-14(24)8-15(25)10-17)12-22(32)30-16-4-5-19(26)18(11-16)23(27,28)29/h3-11H,12H2,1-2H3,(H,30,32). The fourth-order valence-electron chi connectivity index (χ4n) is 3.25. The fourth-order valence-corrected chi connectivity index (χ4v) is 5.64. The predicted molar refractivity (Wildman–Crippen MR) is 134 cm³/mol. The number of carbonyl (C=O) groups excluding carboxylic acids is 1. The van der Waals surface area contributed by atoms with Crippen LogP contribution in [0.2, 0.25) is 15.1 Å². The molecular weight excluding hydrogens is 564 g/mol. The van der Waals surface area contributed by atoms with Crippen molar-refractivity contribution in [1.29, 1.82) is 0 Å². The van der Waals surface area contributed by atoms with E-state index in [0.717, 1.165) is 16.4 Å². The van der Waals surface area contributed by atoms with Crippen molar-refractivity contribution in [3.8, 4) is 5.75 Å². The summed E-state index contributed by atoms with van der Waals surface area (Å²) < 4.78 is 73.0. The van der Waals surface area contributed by atoms with Gasteiger partial charge in [-0.3, -0.25) is 9.10 Å². The predicted octanol–water partition coefficient (Wildman–Crippen LogP) is 6.82. The lowest BCUT2D eigenvalue weighted by Crippen LogP contribution is -2.38. The van der Waals surface area contributed by atoms with Crippen LogP contribution in [0.3, 0.4) is 0 Å². The Bertz CT molecular complexity index is 1400. The zero-order valence-corrected chi connectivity index (χ0v) is 21.7. The van der Waals surface area contributed by atoms with Crippen molar-refractivity contribution in [2.45, 2.75) is 18.0 Å². The van der Waals surface area contributed by atoms with Crippen LogP contribution in [0.25, 0.3) is 0 Å². The number of alkyl halides is 3. The van der Waals surface area contributed by atoms with E-state index in [9.17, 15) is 26.4 Å². The largest absolute Gasteiger partial charge is 0.495 e. The molecule has 13 heteroatoms. The van der Waals surface area contributed by atoms with Crippen molar-refractivity contribution < 1.29 is 31.1 Å². The third kappa shape index (κ3) is 6.36. The first-order valence-electron chi connectivity index (χ1n) is 10.0. The van der Waals surface area contributed by atoms with Gasteiger partial charge in [-0.15, -0.1) is 0 Å². The number of carbonyl (C=O) groups is 1. The number of amides is 1. The van der Waals surface area contributed by atoms with Crippen molar-refractivity contribution in [2.75, 3.05) is 23.3 Å². The second kappa shape index (κ2) is 10.8. The van der Waals surface area contributed by atoms with Crippen molar-refractivity contribution in [1.82, 2.24) is 0 Å². The zero-order chi connectivity index (χ0) is 26.8. The number of aryl methyl sites for hydroxylation is 1. The van der Waals surface area contributed by atoms with Crippen LogP contribution in [0.1, 0.15) is 11.1 Å². The Hall–Kier alpha value is -2.66. The van der Waals surface area contributed by atoms with Crippen LogP contribution in [0, 0.1) is 6.92 Å². The van der Waals surface area contributed by atoms with Crippen molar-refractivity contribution in [3.05, 3.63) is 80.8 Å². The summed E-state index contributed by atoms with van der Waals surface area (Å²) in [7, 11) is -3.16. The summed E-state index contributed by atoms with van der Waals surface area (Å²) in [5.74, 6) is -0.914. The van der Waals surface area contributed by atoms with Gasteiger partial charge < -0.3 is 10.1 Å². The molecular formula is C23H18Cl3F3N2O4S. The average molecular weight is 582 g/mol. The van der Waals surface area contributed by atoms with Crippen LogP contribution < -0.4 is 14.4 Å². The second-order valence-corrected chi connectivity index (χ2v) is 10.6. The summed E-state index contributed by atoms with van der Waals surface area (Å²) in [5, 5.41) is 1.92. The van der Waals surface area contributed by atoms with E-state index in [2.05, 4.69) is 5.32 Å². The van der Waals surface area contributed by atoms with E-state index in [4.69, 9.17) is 39.5 Å². The van der Waals surface area contributed by atoms with E-state index in [1.807, 2.05) is 0 Å². The summed E-state index contributed by atoms with van der Waals surface area (Å²) in [5.41, 5.74) is -0.828. The Morgan fingerprint density at radius 2 is 1.64 bits per heavy atom. The van der Waals surface area contributed by atoms with Crippen LogP contribution in [-0.4, -0.2) is 28.0 Å². The summed E-state index contributed by atoms with van der Waals surface area (Å²) >= 11 is 17.8. The molecule has 0 fully saturated rings. The summed E-state index contributed by atoms with van der Waals surface area (Å²) in [6.07, 6.45) is -4.76. The highest BCUT2D eigenvalue weighted by molar-refractivity contribution is 7.93. The highest BCUT2D eigenvalue weighted by Crippen LogP contribution is 2.37. The van der Waals surface area contributed by atoms with Gasteiger partial charge in [-0.1, -0.05) is 40.9 Å². The van der Waals surface area contributed by atoms with E-state index in [-0.39, 0.29) is 32.1 Å². The molecule has 0 radical (unpaired) electrons. The van der Waals surface area contributed by atoms with Crippen LogP contribution >= 0.6 is 34.8 Å². The number of anilines is 2. The monoisotopic (exact) mass is 580 g/mol. The number of methoxy groups -OCH3 is 1. The quantitative estimate of drug-likeness (QED) is 0.332. The van der Waals surface area contributed by atoms with E-state index in [1.54, 1.807) is 13.0 Å². The molecule has 0 aromatic heterocycles. The van der Waals surface area contributed by atoms with Gasteiger partial charge in [0.2, 0.25) is 5.91 Å². The minimum absolute atomic E-state index is 0.0200. The number of nitrogens with one attached hydrogen (secondary N) is 1. The maximum atomic E-state index is 13.7. The van der Waals surface area contributed by atoms with Gasteiger partial charge in [-0.2, -0.15) is 13.2 Å². The normalized spacial score (nSPS) is 11.8. The van der Waals surface area contributed by atoms with Gasteiger partial charge in [0.15, 0.2) is 0 Å². The van der Waals surface area contributed by atoms with Crippen molar-refractivity contribution in [2.24, 2.45) is 0 Å². The molecule has 0 unspecified atom stereocenters. The first-order valence-corrected chi connectivity index (χ1v) is 12.6. The molecule has 0 saturated carbocycles. The number of benzene rings is 3. The van der Waals surface area contributed by atoms with Crippen LogP contribution in [0.4, 0.5) is 24.5 Å². The molecule has 1 N–H and O–H groups in total. The number of ether oxygens (including phenoxy) is 1. The molecule has 0 saturated heterocycles. The third-order valence-electron chi connectivity index (χ3n) is 4.87. The van der Waals surface area contributed by atoms with Gasteiger partial charge in [-0.25, -0.2) is 8.42 Å². The van der Waals surface area contributed by atoms with Gasteiger partial charge in [0.1, 0.15) is 17.2 Å². The highest BCUT2D eigenvalue weighted by atomic mass is 35.5. The lowest BCUT2D eigenvalue weighted by atomic mass is 10.2. The highest BCUT2D eigenvalue weighted by Gasteiger charge is 2.34. The lowest BCUT2D eigenvalue weighted by molar-refractivity contribution is -0.137. The topological polar surface area (TPSA) is 75.7 Å². The first-order chi connectivity index (χ1) is 16.7. The van der Waals surface area contributed by atoms with Gasteiger partial charge in [0.25, 0.3) is 10.0 Å². The maximum absolute atomic E-state index is 13.7. The molecule has 0 aliphatic carbocycles. The minimum Gasteiger partial charge on any atom is -0.495 e. The van der Waals surface area contributed by atoms with Gasteiger partial charge in [0.05, 0.1) is 23.4 Å². The molecule has 0 spiro atoms. The molecule has 36 heavy (non-hydrogen) atoms. The van der Waals surface area contributed by atoms with Crippen molar-refractivity contribution in [3.63, 3.8) is 0 Å². The Morgan fingerprint density at radius 3 is 2.22 bits per heavy atom. The number of hydrogen-bond acceptors (Lipinski definition) is 4. The van der Waals surface area contributed by atoms with Gasteiger partial charge in [-0.05, 0) is 61.0 Å². The van der Waals surface area contributed by atoms with Crippen molar-refractivity contribution >= 4 is 62.1 Å². The van der Waals surface area contributed by atoms with Crippen LogP contribution in [0.15, 0.2) is 59.5 Å². The molecule has 3 rings (SSSR count). The summed E-state index contributed by atoms with van der Waals surface area (Å²) in [6, 6.07) is 11.2. The summed E-state index contributed by atoms with van der Waals surface area (Å²) in [6.45, 7) is 0.852. The van der Waals surface area contributed by atoms with E-state index < -0.39 is 39.2 Å². The molecule has 3 aromatic carbocycles. The average Bonchev–Trinajstić information content (AvgIpc) is 2.77. The number of halogens is 6. The lowest BCUT2D eigenvalue weighted by Gasteiger charge is -2.25. The fraction of sp³-hybridized carbons (Fsp3) is 0.174. The number of hydrogen-bond donors (Lipinski definition) is 1. The van der Waals surface area contributed by atoms with Crippen LogP contribution in [0.5, 0.6) is 5.75 Å².